The van der Waals surface area contributed by atoms with Gasteiger partial charge in [0.05, 0.1) is 6.10 Å². The molecule has 0 unspecified atom stereocenters. The smallest absolute Gasteiger partial charge is 0.0552 e. The van der Waals surface area contributed by atoms with Crippen LogP contribution in [0, 0.1) is 12.8 Å². The lowest BCUT2D eigenvalue weighted by molar-refractivity contribution is 0.0598. The van der Waals surface area contributed by atoms with Crippen LogP contribution in [0.1, 0.15) is 31.0 Å². The molecule has 0 aromatic carbocycles. The average Bonchev–Trinajstić information content (AvgIpc) is 2.32. The quantitative estimate of drug-likeness (QED) is 0.869. The van der Waals surface area contributed by atoms with Crippen molar-refractivity contribution in [3.63, 3.8) is 0 Å². The van der Waals surface area contributed by atoms with Crippen LogP contribution in [-0.2, 0) is 6.54 Å². The number of hydrogen-bond acceptors (Lipinski definition) is 3. The van der Waals surface area contributed by atoms with Crippen molar-refractivity contribution in [1.82, 2.24) is 9.88 Å². The number of pyridine rings is 1. The van der Waals surface area contributed by atoms with E-state index in [4.69, 9.17) is 0 Å². The predicted octanol–water partition coefficient (Wildman–Crippen LogP) is 1.98. The number of aliphatic hydroxyl groups is 1. The van der Waals surface area contributed by atoms with E-state index in [0.717, 1.165) is 31.7 Å². The van der Waals surface area contributed by atoms with E-state index in [1.54, 1.807) is 0 Å². The second kappa shape index (κ2) is 5.61. The maximum atomic E-state index is 9.68. The zero-order valence-corrected chi connectivity index (χ0v) is 10.8. The largest absolute Gasteiger partial charge is 0.393 e. The summed E-state index contributed by atoms with van der Waals surface area (Å²) in [6, 6.07) is 4.15. The van der Waals surface area contributed by atoms with Crippen molar-refractivity contribution in [3.8, 4) is 0 Å². The molecular formula is C14H22N2O. The summed E-state index contributed by atoms with van der Waals surface area (Å²) in [4.78, 5) is 6.76. The average molecular weight is 234 g/mol. The molecule has 0 amide bonds. The monoisotopic (exact) mass is 234 g/mol. The van der Waals surface area contributed by atoms with E-state index in [2.05, 4.69) is 22.9 Å². The van der Waals surface area contributed by atoms with Gasteiger partial charge < -0.3 is 5.11 Å². The van der Waals surface area contributed by atoms with E-state index >= 15 is 0 Å². The minimum absolute atomic E-state index is 0.187. The molecule has 1 aromatic rings. The fourth-order valence-electron chi connectivity index (χ4n) is 2.55. The molecule has 0 radical (unpaired) electrons. The van der Waals surface area contributed by atoms with Gasteiger partial charge in [-0.15, -0.1) is 0 Å². The molecule has 2 atom stereocenters. The van der Waals surface area contributed by atoms with Gasteiger partial charge in [0.15, 0.2) is 0 Å². The van der Waals surface area contributed by atoms with E-state index in [-0.39, 0.29) is 6.10 Å². The van der Waals surface area contributed by atoms with Gasteiger partial charge in [-0.1, -0.05) is 6.07 Å². The van der Waals surface area contributed by atoms with Gasteiger partial charge in [-0.05, 0) is 50.8 Å². The first-order valence-electron chi connectivity index (χ1n) is 6.47. The van der Waals surface area contributed by atoms with Crippen molar-refractivity contribution in [2.75, 3.05) is 13.1 Å². The molecule has 1 saturated heterocycles. The summed E-state index contributed by atoms with van der Waals surface area (Å²) in [6.07, 6.45) is 4.00. The molecule has 94 valence electrons. The summed E-state index contributed by atoms with van der Waals surface area (Å²) in [5, 5.41) is 9.68. The van der Waals surface area contributed by atoms with E-state index < -0.39 is 0 Å². The Balaban J connectivity index is 1.97. The van der Waals surface area contributed by atoms with Crippen LogP contribution in [0.25, 0.3) is 0 Å². The second-order valence-electron chi connectivity index (χ2n) is 5.13. The molecule has 0 bridgehead atoms. The summed E-state index contributed by atoms with van der Waals surface area (Å²) in [5.74, 6) is 0.431. The molecule has 2 heterocycles. The predicted molar refractivity (Wildman–Crippen MR) is 68.7 cm³/mol. The number of likely N-dealkylation sites (tertiary alicyclic amines) is 1. The van der Waals surface area contributed by atoms with Crippen molar-refractivity contribution in [2.45, 2.75) is 39.3 Å². The van der Waals surface area contributed by atoms with Crippen molar-refractivity contribution in [2.24, 2.45) is 5.92 Å². The highest BCUT2D eigenvalue weighted by molar-refractivity contribution is 5.18. The second-order valence-corrected chi connectivity index (χ2v) is 5.13. The highest BCUT2D eigenvalue weighted by Gasteiger charge is 2.23. The molecule has 1 aliphatic heterocycles. The Morgan fingerprint density at radius 1 is 1.59 bits per heavy atom. The van der Waals surface area contributed by atoms with Crippen molar-refractivity contribution in [1.29, 1.82) is 0 Å². The first-order valence-corrected chi connectivity index (χ1v) is 6.47. The molecule has 1 N–H and O–H groups in total. The summed E-state index contributed by atoms with van der Waals surface area (Å²) in [5.41, 5.74) is 2.42. The van der Waals surface area contributed by atoms with Crippen LogP contribution in [0.5, 0.6) is 0 Å². The Morgan fingerprint density at radius 2 is 2.41 bits per heavy atom. The van der Waals surface area contributed by atoms with Crippen LogP contribution in [0.15, 0.2) is 18.3 Å². The Labute approximate surface area is 103 Å². The van der Waals surface area contributed by atoms with Crippen LogP contribution in [0.2, 0.25) is 0 Å². The minimum Gasteiger partial charge on any atom is -0.393 e. The van der Waals surface area contributed by atoms with Crippen LogP contribution in [0.4, 0.5) is 0 Å². The minimum atomic E-state index is -0.187. The summed E-state index contributed by atoms with van der Waals surface area (Å²) in [7, 11) is 0. The third kappa shape index (κ3) is 3.27. The van der Waals surface area contributed by atoms with E-state index in [1.807, 2.05) is 19.2 Å². The molecular weight excluding hydrogens is 212 g/mol. The summed E-state index contributed by atoms with van der Waals surface area (Å²) >= 11 is 0. The molecule has 3 heteroatoms. The number of hydrogen-bond donors (Lipinski definition) is 1. The fraction of sp³-hybridized carbons (Fsp3) is 0.643. The lowest BCUT2D eigenvalue weighted by atomic mass is 9.93. The first-order chi connectivity index (χ1) is 8.16. The molecule has 0 aliphatic carbocycles. The van der Waals surface area contributed by atoms with Gasteiger partial charge in [0, 0.05) is 25.0 Å². The van der Waals surface area contributed by atoms with E-state index in [0.29, 0.717) is 5.92 Å². The van der Waals surface area contributed by atoms with Crippen molar-refractivity contribution in [3.05, 3.63) is 29.6 Å². The third-order valence-electron chi connectivity index (χ3n) is 3.73. The topological polar surface area (TPSA) is 36.4 Å². The van der Waals surface area contributed by atoms with E-state index in [1.165, 1.54) is 12.0 Å². The van der Waals surface area contributed by atoms with Crippen LogP contribution in [-0.4, -0.2) is 34.2 Å². The third-order valence-corrected chi connectivity index (χ3v) is 3.73. The SMILES string of the molecule is Cc1ncccc1CN1CCC[C@@H]([C@H](C)O)C1. The van der Waals surface area contributed by atoms with Crippen LogP contribution < -0.4 is 0 Å². The van der Waals surface area contributed by atoms with E-state index in [9.17, 15) is 5.11 Å². The van der Waals surface area contributed by atoms with Gasteiger partial charge in [-0.3, -0.25) is 9.88 Å². The van der Waals surface area contributed by atoms with Gasteiger partial charge in [-0.25, -0.2) is 0 Å². The molecule has 2 rings (SSSR count). The first kappa shape index (κ1) is 12.5. The molecule has 0 spiro atoms. The number of nitrogens with zero attached hydrogens (tertiary/aromatic N) is 2. The van der Waals surface area contributed by atoms with Gasteiger partial charge in [0.2, 0.25) is 0 Å². The number of rotatable bonds is 3. The Morgan fingerprint density at radius 3 is 3.12 bits per heavy atom. The Bertz CT molecular complexity index is 365. The van der Waals surface area contributed by atoms with Gasteiger partial charge in [0.25, 0.3) is 0 Å². The lowest BCUT2D eigenvalue weighted by Gasteiger charge is -2.34. The van der Waals surface area contributed by atoms with Crippen LogP contribution >= 0.6 is 0 Å². The summed E-state index contributed by atoms with van der Waals surface area (Å²) in [6.45, 7) is 7.07. The molecule has 1 aliphatic rings. The molecule has 3 nitrogen and oxygen atoms in total. The number of aryl methyl sites for hydroxylation is 1. The summed E-state index contributed by atoms with van der Waals surface area (Å²) < 4.78 is 0. The molecule has 1 fully saturated rings. The van der Waals surface area contributed by atoms with Gasteiger partial charge >= 0.3 is 0 Å². The number of aliphatic hydroxyl groups excluding tert-OH is 1. The zero-order valence-electron chi connectivity index (χ0n) is 10.8. The standard InChI is InChI=1S/C14H22N2O/c1-11-13(5-3-7-15-11)9-16-8-4-6-14(10-16)12(2)17/h3,5,7,12,14,17H,4,6,8-10H2,1-2H3/t12-,14+/m0/s1. The van der Waals surface area contributed by atoms with Crippen molar-refractivity contribution < 1.29 is 5.11 Å². The Kier molecular flexibility index (Phi) is 4.13. The van der Waals surface area contributed by atoms with Crippen molar-refractivity contribution >= 4 is 0 Å². The zero-order chi connectivity index (χ0) is 12.3. The maximum Gasteiger partial charge on any atom is 0.0552 e. The fourth-order valence-corrected chi connectivity index (χ4v) is 2.55. The van der Waals surface area contributed by atoms with Gasteiger partial charge in [-0.2, -0.15) is 0 Å². The number of piperidine rings is 1. The van der Waals surface area contributed by atoms with Crippen LogP contribution in [0.3, 0.4) is 0 Å². The lowest BCUT2D eigenvalue weighted by Crippen LogP contribution is -2.39. The highest BCUT2D eigenvalue weighted by Crippen LogP contribution is 2.21. The molecule has 1 aromatic heterocycles. The van der Waals surface area contributed by atoms with Gasteiger partial charge in [0.1, 0.15) is 0 Å². The Hall–Kier alpha value is -0.930. The molecule has 17 heavy (non-hydrogen) atoms. The normalized spacial score (nSPS) is 23.6. The highest BCUT2D eigenvalue weighted by atomic mass is 16.3. The maximum absolute atomic E-state index is 9.68. The number of aromatic nitrogens is 1. The molecule has 0 saturated carbocycles.